The molecule has 0 radical (unpaired) electrons. The van der Waals surface area contributed by atoms with E-state index in [0.29, 0.717) is 0 Å². The molecular weight excluding hydrogens is 232 g/mol. The Labute approximate surface area is 115 Å². The Bertz CT molecular complexity index is 598. The molecule has 3 rings (SSSR count). The highest BCUT2D eigenvalue weighted by Crippen LogP contribution is 2.49. The third-order valence-electron chi connectivity index (χ3n) is 4.99. The molecule has 1 unspecified atom stereocenters. The summed E-state index contributed by atoms with van der Waals surface area (Å²) in [6.07, 6.45) is 8.58. The van der Waals surface area contributed by atoms with Gasteiger partial charge in [0.2, 0.25) is 0 Å². The lowest BCUT2D eigenvalue weighted by Gasteiger charge is -2.48. The molecule has 0 aliphatic heterocycles. The van der Waals surface area contributed by atoms with Gasteiger partial charge in [-0.3, -0.25) is 4.98 Å². The van der Waals surface area contributed by atoms with E-state index in [0.717, 1.165) is 6.42 Å². The lowest BCUT2D eigenvalue weighted by atomic mass is 9.60. The summed E-state index contributed by atoms with van der Waals surface area (Å²) in [4.78, 5) is 4.22. The van der Waals surface area contributed by atoms with Crippen LogP contribution >= 0.6 is 0 Å². The van der Waals surface area contributed by atoms with Gasteiger partial charge in [-0.05, 0) is 35.3 Å². The van der Waals surface area contributed by atoms with Crippen LogP contribution in [-0.4, -0.2) is 4.98 Å². The van der Waals surface area contributed by atoms with Crippen molar-refractivity contribution in [3.05, 3.63) is 42.2 Å². The van der Waals surface area contributed by atoms with E-state index in [1.807, 2.05) is 12.4 Å². The van der Waals surface area contributed by atoms with Crippen LogP contribution in [0.2, 0.25) is 0 Å². The van der Waals surface area contributed by atoms with Crippen molar-refractivity contribution in [3.63, 3.8) is 0 Å². The van der Waals surface area contributed by atoms with Crippen LogP contribution < -0.4 is 5.73 Å². The van der Waals surface area contributed by atoms with E-state index in [1.54, 1.807) is 0 Å². The SMILES string of the molecule is CC1(C)CCCCC1(N)c1cccc2cnccc12. The number of hydrogen-bond acceptors (Lipinski definition) is 2. The number of aromatic nitrogens is 1. The molecule has 2 aromatic rings. The average molecular weight is 254 g/mol. The molecule has 1 aromatic carbocycles. The smallest absolute Gasteiger partial charge is 0.0467 e. The third-order valence-corrected chi connectivity index (χ3v) is 4.99. The first-order valence-electron chi connectivity index (χ1n) is 7.17. The number of hydrogen-bond donors (Lipinski definition) is 1. The van der Waals surface area contributed by atoms with Gasteiger partial charge in [0.1, 0.15) is 0 Å². The van der Waals surface area contributed by atoms with Crippen LogP contribution in [0.1, 0.15) is 45.1 Å². The van der Waals surface area contributed by atoms with Crippen LogP contribution in [0.4, 0.5) is 0 Å². The standard InChI is InChI=1S/C17H22N2/c1-16(2)9-3-4-10-17(16,18)15-7-5-6-13-12-19-11-8-14(13)15/h5-8,11-12H,3-4,9-10,18H2,1-2H3. The van der Waals surface area contributed by atoms with Crippen LogP contribution in [0.15, 0.2) is 36.7 Å². The fourth-order valence-corrected chi connectivity index (χ4v) is 3.54. The molecule has 1 saturated carbocycles. The Kier molecular flexibility index (Phi) is 2.86. The minimum atomic E-state index is -0.230. The van der Waals surface area contributed by atoms with E-state index in [1.165, 1.54) is 35.6 Å². The number of nitrogens with zero attached hydrogens (tertiary/aromatic N) is 1. The van der Waals surface area contributed by atoms with Gasteiger partial charge < -0.3 is 5.73 Å². The van der Waals surface area contributed by atoms with E-state index in [9.17, 15) is 0 Å². The fraction of sp³-hybridized carbons (Fsp3) is 0.471. The van der Waals surface area contributed by atoms with E-state index in [2.05, 4.69) is 43.1 Å². The number of fused-ring (bicyclic) bond motifs is 1. The number of rotatable bonds is 1. The molecule has 0 saturated heterocycles. The molecule has 0 spiro atoms. The molecule has 0 bridgehead atoms. The maximum Gasteiger partial charge on any atom is 0.0467 e. The molecule has 2 nitrogen and oxygen atoms in total. The number of nitrogens with two attached hydrogens (primary N) is 1. The quantitative estimate of drug-likeness (QED) is 0.835. The molecule has 1 aliphatic carbocycles. The van der Waals surface area contributed by atoms with Gasteiger partial charge in [0.05, 0.1) is 0 Å². The molecule has 1 aromatic heterocycles. The molecule has 1 atom stereocenters. The lowest BCUT2D eigenvalue weighted by molar-refractivity contribution is 0.0991. The van der Waals surface area contributed by atoms with Crippen molar-refractivity contribution >= 4 is 10.8 Å². The van der Waals surface area contributed by atoms with Gasteiger partial charge in [-0.15, -0.1) is 0 Å². The second-order valence-electron chi connectivity index (χ2n) is 6.46. The predicted octanol–water partition coefficient (Wildman–Crippen LogP) is 3.99. The summed E-state index contributed by atoms with van der Waals surface area (Å²) in [5.41, 5.74) is 8.10. The summed E-state index contributed by atoms with van der Waals surface area (Å²) in [6.45, 7) is 4.62. The molecule has 2 N–H and O–H groups in total. The van der Waals surface area contributed by atoms with Gasteiger partial charge in [0, 0.05) is 23.3 Å². The minimum Gasteiger partial charge on any atom is -0.321 e. The number of pyridine rings is 1. The minimum absolute atomic E-state index is 0.142. The van der Waals surface area contributed by atoms with Gasteiger partial charge in [0.25, 0.3) is 0 Å². The van der Waals surface area contributed by atoms with Gasteiger partial charge >= 0.3 is 0 Å². The van der Waals surface area contributed by atoms with Crippen molar-refractivity contribution in [2.75, 3.05) is 0 Å². The molecule has 0 amide bonds. The van der Waals surface area contributed by atoms with Crippen LogP contribution in [-0.2, 0) is 5.54 Å². The first-order valence-corrected chi connectivity index (χ1v) is 7.17. The largest absolute Gasteiger partial charge is 0.321 e. The Balaban J connectivity index is 2.23. The second-order valence-corrected chi connectivity index (χ2v) is 6.46. The molecule has 1 heterocycles. The Morgan fingerprint density at radius 3 is 2.68 bits per heavy atom. The summed E-state index contributed by atoms with van der Waals surface area (Å²) in [7, 11) is 0. The highest BCUT2D eigenvalue weighted by atomic mass is 14.8. The Morgan fingerprint density at radius 2 is 1.89 bits per heavy atom. The van der Waals surface area contributed by atoms with Gasteiger partial charge in [-0.2, -0.15) is 0 Å². The zero-order valence-corrected chi connectivity index (χ0v) is 11.8. The topological polar surface area (TPSA) is 38.9 Å². The van der Waals surface area contributed by atoms with E-state index < -0.39 is 0 Å². The van der Waals surface area contributed by atoms with Crippen LogP contribution in [0.5, 0.6) is 0 Å². The maximum absolute atomic E-state index is 6.90. The highest BCUT2D eigenvalue weighted by Gasteiger charge is 2.45. The Morgan fingerprint density at radius 1 is 1.11 bits per heavy atom. The Hall–Kier alpha value is -1.41. The first-order chi connectivity index (χ1) is 9.05. The molecular formula is C17H22N2. The van der Waals surface area contributed by atoms with Crippen molar-refractivity contribution in [2.24, 2.45) is 11.1 Å². The summed E-state index contributed by atoms with van der Waals surface area (Å²) in [5, 5.41) is 2.45. The van der Waals surface area contributed by atoms with Crippen molar-refractivity contribution in [3.8, 4) is 0 Å². The molecule has 19 heavy (non-hydrogen) atoms. The van der Waals surface area contributed by atoms with Gasteiger partial charge in [0.15, 0.2) is 0 Å². The zero-order valence-electron chi connectivity index (χ0n) is 11.8. The monoisotopic (exact) mass is 254 g/mol. The van der Waals surface area contributed by atoms with Crippen molar-refractivity contribution in [2.45, 2.75) is 45.1 Å². The maximum atomic E-state index is 6.90. The fourth-order valence-electron chi connectivity index (χ4n) is 3.54. The normalized spacial score (nSPS) is 26.5. The van der Waals surface area contributed by atoms with Gasteiger partial charge in [-0.1, -0.05) is 44.9 Å². The molecule has 2 heteroatoms. The number of benzene rings is 1. The lowest BCUT2D eigenvalue weighted by Crippen LogP contribution is -2.51. The van der Waals surface area contributed by atoms with Gasteiger partial charge in [-0.25, -0.2) is 0 Å². The summed E-state index contributed by atoms with van der Waals surface area (Å²) in [6, 6.07) is 8.53. The first kappa shape index (κ1) is 12.6. The molecule has 1 aliphatic rings. The summed E-state index contributed by atoms with van der Waals surface area (Å²) >= 11 is 0. The third kappa shape index (κ3) is 1.86. The molecule has 1 fully saturated rings. The average Bonchev–Trinajstić information content (AvgIpc) is 2.41. The summed E-state index contributed by atoms with van der Waals surface area (Å²) in [5.74, 6) is 0. The predicted molar refractivity (Wildman–Crippen MR) is 79.9 cm³/mol. The van der Waals surface area contributed by atoms with Crippen molar-refractivity contribution in [1.29, 1.82) is 0 Å². The van der Waals surface area contributed by atoms with Crippen LogP contribution in [0.25, 0.3) is 10.8 Å². The molecule has 100 valence electrons. The van der Waals surface area contributed by atoms with E-state index in [4.69, 9.17) is 5.73 Å². The van der Waals surface area contributed by atoms with Crippen LogP contribution in [0.3, 0.4) is 0 Å². The van der Waals surface area contributed by atoms with E-state index >= 15 is 0 Å². The van der Waals surface area contributed by atoms with Crippen molar-refractivity contribution in [1.82, 2.24) is 4.98 Å². The highest BCUT2D eigenvalue weighted by molar-refractivity contribution is 5.85. The van der Waals surface area contributed by atoms with E-state index in [-0.39, 0.29) is 11.0 Å². The summed E-state index contributed by atoms with van der Waals surface area (Å²) < 4.78 is 0. The van der Waals surface area contributed by atoms with Crippen LogP contribution in [0, 0.1) is 5.41 Å². The van der Waals surface area contributed by atoms with Crippen molar-refractivity contribution < 1.29 is 0 Å². The zero-order chi connectivity index (χ0) is 13.5. The second kappa shape index (κ2) is 4.31.